The quantitative estimate of drug-likeness (QED) is 0.891. The predicted molar refractivity (Wildman–Crippen MR) is 87.3 cm³/mol. The van der Waals surface area contributed by atoms with Crippen LogP contribution in [0.15, 0.2) is 23.0 Å². The van der Waals surface area contributed by atoms with Crippen molar-refractivity contribution in [2.45, 2.75) is 45.6 Å². The lowest BCUT2D eigenvalue weighted by molar-refractivity contribution is -0.000396. The fourth-order valence-electron chi connectivity index (χ4n) is 2.88. The number of carbonyl (C=O) groups excluding carboxylic acids is 1. The Balaban J connectivity index is 1.99. The van der Waals surface area contributed by atoms with Gasteiger partial charge in [0.1, 0.15) is 5.60 Å². The molecule has 1 fully saturated rings. The zero-order valence-electron chi connectivity index (χ0n) is 14.1. The Kier molecular flexibility index (Phi) is 5.14. The molecule has 1 aliphatic rings. The van der Waals surface area contributed by atoms with Crippen molar-refractivity contribution in [2.24, 2.45) is 5.41 Å². The zero-order chi connectivity index (χ0) is 17.1. The zero-order valence-corrected chi connectivity index (χ0v) is 14.1. The van der Waals surface area contributed by atoms with Crippen LogP contribution in [0.4, 0.5) is 4.79 Å². The Hall–Kier alpha value is -1.82. The van der Waals surface area contributed by atoms with Crippen LogP contribution in [0, 0.1) is 5.41 Å². The van der Waals surface area contributed by atoms with E-state index in [2.05, 4.69) is 4.98 Å². The highest BCUT2D eigenvalue weighted by molar-refractivity contribution is 5.68. The van der Waals surface area contributed by atoms with E-state index in [4.69, 9.17) is 4.74 Å². The smallest absolute Gasteiger partial charge is 0.410 e. The molecule has 6 nitrogen and oxygen atoms in total. The number of hydrogen-bond acceptors (Lipinski definition) is 4. The molecule has 1 aliphatic heterocycles. The van der Waals surface area contributed by atoms with Crippen molar-refractivity contribution >= 4 is 6.09 Å². The molecule has 2 N–H and O–H groups in total. The second kappa shape index (κ2) is 6.74. The number of H-pyrrole nitrogens is 1. The van der Waals surface area contributed by atoms with Gasteiger partial charge in [0.15, 0.2) is 0 Å². The van der Waals surface area contributed by atoms with Crippen molar-refractivity contribution in [1.29, 1.82) is 0 Å². The number of aliphatic hydroxyl groups excluding tert-OH is 1. The number of rotatable bonds is 3. The summed E-state index contributed by atoms with van der Waals surface area (Å²) in [6.45, 7) is 6.67. The number of nitrogens with one attached hydrogen (secondary N) is 1. The summed E-state index contributed by atoms with van der Waals surface area (Å²) in [5.41, 5.74) is -0.131. The van der Waals surface area contributed by atoms with Crippen LogP contribution in [0.25, 0.3) is 0 Å². The summed E-state index contributed by atoms with van der Waals surface area (Å²) in [7, 11) is 0. The van der Waals surface area contributed by atoms with Crippen molar-refractivity contribution in [3.63, 3.8) is 0 Å². The average molecular weight is 322 g/mol. The van der Waals surface area contributed by atoms with E-state index in [1.165, 1.54) is 6.07 Å². The first kappa shape index (κ1) is 17.5. The number of amides is 1. The summed E-state index contributed by atoms with van der Waals surface area (Å²) in [5, 5.41) is 9.86. The largest absolute Gasteiger partial charge is 0.444 e. The Labute approximate surface area is 136 Å². The van der Waals surface area contributed by atoms with Gasteiger partial charge in [-0.1, -0.05) is 6.07 Å². The maximum absolute atomic E-state index is 12.1. The first-order valence-corrected chi connectivity index (χ1v) is 8.00. The van der Waals surface area contributed by atoms with Crippen LogP contribution >= 0.6 is 0 Å². The number of ether oxygens (including phenoxy) is 1. The summed E-state index contributed by atoms with van der Waals surface area (Å²) in [6, 6.07) is 5.05. The van der Waals surface area contributed by atoms with E-state index >= 15 is 0 Å². The van der Waals surface area contributed by atoms with E-state index in [-0.39, 0.29) is 23.7 Å². The number of hydrogen-bond donors (Lipinski definition) is 2. The molecule has 23 heavy (non-hydrogen) atoms. The Morgan fingerprint density at radius 1 is 1.35 bits per heavy atom. The van der Waals surface area contributed by atoms with E-state index in [9.17, 15) is 14.7 Å². The van der Waals surface area contributed by atoms with Crippen LogP contribution in [-0.4, -0.2) is 46.4 Å². The van der Waals surface area contributed by atoms with Crippen LogP contribution in [0.5, 0.6) is 0 Å². The monoisotopic (exact) mass is 322 g/mol. The standard InChI is InChI=1S/C17H26N2O4/c1-16(2,3)23-15(22)19-9-7-17(12-20,8-10-19)11-13-5-4-6-14(21)18-13/h4-6,20H,7-12H2,1-3H3,(H,18,21). The molecule has 0 saturated carbocycles. The Bertz CT molecular complexity index is 595. The summed E-state index contributed by atoms with van der Waals surface area (Å²) < 4.78 is 5.39. The van der Waals surface area contributed by atoms with Gasteiger partial charge in [-0.05, 0) is 46.1 Å². The molecule has 1 amide bonds. The molecule has 128 valence electrons. The maximum atomic E-state index is 12.1. The minimum Gasteiger partial charge on any atom is -0.444 e. The molecular weight excluding hydrogens is 296 g/mol. The average Bonchev–Trinajstić information content (AvgIpc) is 2.46. The minimum absolute atomic E-state index is 0.0338. The van der Waals surface area contributed by atoms with Crippen molar-refractivity contribution in [3.05, 3.63) is 34.2 Å². The second-order valence-corrected chi connectivity index (χ2v) is 7.34. The van der Waals surface area contributed by atoms with Gasteiger partial charge in [-0.2, -0.15) is 0 Å². The van der Waals surface area contributed by atoms with E-state index < -0.39 is 5.60 Å². The lowest BCUT2D eigenvalue weighted by Gasteiger charge is -2.41. The molecule has 1 aromatic heterocycles. The van der Waals surface area contributed by atoms with Gasteiger partial charge in [-0.3, -0.25) is 4.79 Å². The molecule has 0 radical (unpaired) electrons. The highest BCUT2D eigenvalue weighted by atomic mass is 16.6. The van der Waals surface area contributed by atoms with Gasteiger partial charge in [0.2, 0.25) is 5.56 Å². The van der Waals surface area contributed by atoms with Crippen LogP contribution in [0.2, 0.25) is 0 Å². The molecule has 2 rings (SSSR count). The summed E-state index contributed by atoms with van der Waals surface area (Å²) in [5.74, 6) is 0. The topological polar surface area (TPSA) is 82.6 Å². The lowest BCUT2D eigenvalue weighted by atomic mass is 9.75. The maximum Gasteiger partial charge on any atom is 0.410 e. The molecule has 0 aliphatic carbocycles. The van der Waals surface area contributed by atoms with Gasteiger partial charge < -0.3 is 19.7 Å². The first-order chi connectivity index (χ1) is 10.7. The highest BCUT2D eigenvalue weighted by Crippen LogP contribution is 2.34. The Morgan fingerprint density at radius 2 is 2.00 bits per heavy atom. The summed E-state index contributed by atoms with van der Waals surface area (Å²) in [6.07, 6.45) is 1.65. The molecule has 0 bridgehead atoms. The number of piperidine rings is 1. The molecule has 1 aromatic rings. The predicted octanol–water partition coefficient (Wildman–Crippen LogP) is 1.93. The minimum atomic E-state index is -0.508. The van der Waals surface area contributed by atoms with E-state index in [0.717, 1.165) is 5.69 Å². The van der Waals surface area contributed by atoms with Gasteiger partial charge in [0.25, 0.3) is 0 Å². The van der Waals surface area contributed by atoms with E-state index in [0.29, 0.717) is 32.4 Å². The van der Waals surface area contributed by atoms with Crippen molar-refractivity contribution in [2.75, 3.05) is 19.7 Å². The van der Waals surface area contributed by atoms with Crippen LogP contribution in [0.1, 0.15) is 39.3 Å². The molecule has 0 atom stereocenters. The fourth-order valence-corrected chi connectivity index (χ4v) is 2.88. The molecular formula is C17H26N2O4. The number of pyridine rings is 1. The van der Waals surface area contributed by atoms with E-state index in [1.807, 2.05) is 26.8 Å². The second-order valence-electron chi connectivity index (χ2n) is 7.34. The lowest BCUT2D eigenvalue weighted by Crippen LogP contribution is -2.47. The Morgan fingerprint density at radius 3 is 2.52 bits per heavy atom. The molecule has 0 spiro atoms. The van der Waals surface area contributed by atoms with Crippen molar-refractivity contribution in [3.8, 4) is 0 Å². The van der Waals surface area contributed by atoms with Gasteiger partial charge in [-0.15, -0.1) is 0 Å². The third-order valence-corrected chi connectivity index (χ3v) is 4.21. The number of aliphatic hydroxyl groups is 1. The first-order valence-electron chi connectivity index (χ1n) is 8.00. The van der Waals surface area contributed by atoms with Crippen molar-refractivity contribution in [1.82, 2.24) is 9.88 Å². The molecule has 6 heteroatoms. The third kappa shape index (κ3) is 4.82. The number of likely N-dealkylation sites (tertiary alicyclic amines) is 1. The normalized spacial score (nSPS) is 17.8. The van der Waals surface area contributed by atoms with Crippen LogP contribution in [0.3, 0.4) is 0 Å². The van der Waals surface area contributed by atoms with Crippen molar-refractivity contribution < 1.29 is 14.6 Å². The molecule has 2 heterocycles. The molecule has 0 unspecified atom stereocenters. The highest BCUT2D eigenvalue weighted by Gasteiger charge is 2.37. The molecule has 1 saturated heterocycles. The number of aromatic amines is 1. The van der Waals surface area contributed by atoms with Gasteiger partial charge in [0, 0.05) is 36.9 Å². The van der Waals surface area contributed by atoms with Crippen LogP contribution < -0.4 is 5.56 Å². The molecule has 0 aromatic carbocycles. The fraction of sp³-hybridized carbons (Fsp3) is 0.647. The van der Waals surface area contributed by atoms with Crippen LogP contribution in [-0.2, 0) is 11.2 Å². The van der Waals surface area contributed by atoms with E-state index in [1.54, 1.807) is 11.0 Å². The number of nitrogens with zero attached hydrogens (tertiary/aromatic N) is 1. The van der Waals surface area contributed by atoms with Gasteiger partial charge in [0.05, 0.1) is 0 Å². The SMILES string of the molecule is CC(C)(C)OC(=O)N1CCC(CO)(Cc2cccc(=O)[nH]2)CC1. The summed E-state index contributed by atoms with van der Waals surface area (Å²) >= 11 is 0. The third-order valence-electron chi connectivity index (χ3n) is 4.21. The van der Waals surface area contributed by atoms with Gasteiger partial charge in [-0.25, -0.2) is 4.79 Å². The number of aromatic nitrogens is 1. The number of carbonyl (C=O) groups is 1. The summed E-state index contributed by atoms with van der Waals surface area (Å²) in [4.78, 5) is 28.0. The van der Waals surface area contributed by atoms with Gasteiger partial charge >= 0.3 is 6.09 Å².